The van der Waals surface area contributed by atoms with Gasteiger partial charge in [-0.2, -0.15) is 0 Å². The van der Waals surface area contributed by atoms with Crippen molar-refractivity contribution in [2.24, 2.45) is 5.92 Å². The molecular weight excluding hydrogens is 402 g/mol. The van der Waals surface area contributed by atoms with Crippen molar-refractivity contribution in [1.29, 1.82) is 0 Å². The van der Waals surface area contributed by atoms with Gasteiger partial charge < -0.3 is 4.42 Å². The number of hydrogen-bond donors (Lipinski definition) is 0. The fourth-order valence-electron chi connectivity index (χ4n) is 3.88. The number of allylic oxidation sites excluding steroid dienone is 1. The summed E-state index contributed by atoms with van der Waals surface area (Å²) in [6, 6.07) is 1.92. The Bertz CT molecular complexity index is 1210. The Kier molecular flexibility index (Phi) is 4.75. The molecule has 4 heterocycles. The van der Waals surface area contributed by atoms with Crippen molar-refractivity contribution in [3.05, 3.63) is 47.5 Å². The summed E-state index contributed by atoms with van der Waals surface area (Å²) in [6.07, 6.45) is 8.64. The van der Waals surface area contributed by atoms with Crippen LogP contribution in [0.4, 0.5) is 0 Å². The second-order valence-electron chi connectivity index (χ2n) is 7.41. The lowest BCUT2D eigenvalue weighted by molar-refractivity contribution is 0.509. The molecule has 1 atom stereocenters. The van der Waals surface area contributed by atoms with Crippen LogP contribution in [-0.4, -0.2) is 24.7 Å². The third-order valence-corrected chi connectivity index (χ3v) is 7.52. The number of aryl methyl sites for hydroxylation is 2. The molecule has 0 aromatic carbocycles. The van der Waals surface area contributed by atoms with Gasteiger partial charge in [0.25, 0.3) is 0 Å². The van der Waals surface area contributed by atoms with Gasteiger partial charge in [-0.05, 0) is 55.5 Å². The van der Waals surface area contributed by atoms with Crippen molar-refractivity contribution in [2.45, 2.75) is 49.8 Å². The van der Waals surface area contributed by atoms with E-state index >= 15 is 0 Å². The molecule has 0 saturated carbocycles. The first-order valence-electron chi connectivity index (χ1n) is 9.67. The van der Waals surface area contributed by atoms with Crippen LogP contribution < -0.4 is 0 Å². The minimum atomic E-state index is 0.614. The number of nitrogens with zero attached hydrogens (tertiary/aromatic N) is 5. The van der Waals surface area contributed by atoms with E-state index in [0.29, 0.717) is 6.54 Å². The zero-order chi connectivity index (χ0) is 20.0. The van der Waals surface area contributed by atoms with Crippen LogP contribution in [0.25, 0.3) is 21.6 Å². The summed E-state index contributed by atoms with van der Waals surface area (Å²) in [5, 5.41) is 11.9. The summed E-state index contributed by atoms with van der Waals surface area (Å²) < 4.78 is 7.52. The second-order valence-corrected chi connectivity index (χ2v) is 9.45. The van der Waals surface area contributed by atoms with E-state index in [2.05, 4.69) is 38.2 Å². The molecule has 0 aliphatic heterocycles. The highest BCUT2D eigenvalue weighted by molar-refractivity contribution is 7.99. The molecule has 0 radical (unpaired) electrons. The molecule has 5 rings (SSSR count). The van der Waals surface area contributed by atoms with Gasteiger partial charge in [-0.3, -0.25) is 4.57 Å². The van der Waals surface area contributed by atoms with Gasteiger partial charge in [0.1, 0.15) is 21.9 Å². The van der Waals surface area contributed by atoms with E-state index in [0.717, 1.165) is 50.9 Å². The fourth-order valence-corrected chi connectivity index (χ4v) is 6.25. The first-order chi connectivity index (χ1) is 14.2. The molecule has 8 heteroatoms. The van der Waals surface area contributed by atoms with E-state index in [1.807, 2.05) is 30.4 Å². The van der Waals surface area contributed by atoms with E-state index in [4.69, 9.17) is 4.42 Å². The van der Waals surface area contributed by atoms with Crippen LogP contribution in [0.2, 0.25) is 0 Å². The maximum Gasteiger partial charge on any atom is 0.198 e. The van der Waals surface area contributed by atoms with Crippen molar-refractivity contribution in [3.8, 4) is 11.4 Å². The number of hydrogen-bond acceptors (Lipinski definition) is 7. The highest BCUT2D eigenvalue weighted by Crippen LogP contribution is 2.42. The van der Waals surface area contributed by atoms with E-state index < -0.39 is 0 Å². The smallest absolute Gasteiger partial charge is 0.198 e. The minimum Gasteiger partial charge on any atom is -0.469 e. The lowest BCUT2D eigenvalue weighted by Gasteiger charge is -2.18. The molecule has 0 amide bonds. The highest BCUT2D eigenvalue weighted by Gasteiger charge is 2.25. The van der Waals surface area contributed by atoms with Gasteiger partial charge in [0.15, 0.2) is 11.0 Å². The van der Waals surface area contributed by atoms with Gasteiger partial charge >= 0.3 is 0 Å². The molecule has 0 N–H and O–H groups in total. The highest BCUT2D eigenvalue weighted by atomic mass is 32.2. The van der Waals surface area contributed by atoms with Crippen LogP contribution in [0.3, 0.4) is 0 Å². The van der Waals surface area contributed by atoms with E-state index in [1.54, 1.807) is 24.4 Å². The Labute approximate surface area is 177 Å². The third kappa shape index (κ3) is 3.20. The Morgan fingerprint density at radius 2 is 2.28 bits per heavy atom. The summed E-state index contributed by atoms with van der Waals surface area (Å²) in [5.74, 6) is 2.34. The first kappa shape index (κ1) is 18.6. The Morgan fingerprint density at radius 1 is 1.38 bits per heavy atom. The van der Waals surface area contributed by atoms with Crippen LogP contribution in [-0.2, 0) is 19.4 Å². The lowest BCUT2D eigenvalue weighted by atomic mass is 9.89. The molecule has 0 fully saturated rings. The zero-order valence-electron chi connectivity index (χ0n) is 16.4. The molecule has 6 nitrogen and oxygen atoms in total. The average molecular weight is 424 g/mol. The van der Waals surface area contributed by atoms with Crippen LogP contribution >= 0.6 is 23.1 Å². The number of rotatable bonds is 5. The molecule has 0 bridgehead atoms. The lowest BCUT2D eigenvalue weighted by Crippen LogP contribution is -2.08. The van der Waals surface area contributed by atoms with Gasteiger partial charge in [-0.15, -0.1) is 28.1 Å². The van der Waals surface area contributed by atoms with Gasteiger partial charge in [0.2, 0.25) is 0 Å². The summed E-state index contributed by atoms with van der Waals surface area (Å²) in [5.41, 5.74) is 2.37. The Hall–Kier alpha value is -2.45. The molecule has 4 aromatic heterocycles. The molecular formula is C21H21N5OS2. The van der Waals surface area contributed by atoms with Gasteiger partial charge in [0, 0.05) is 16.8 Å². The molecule has 1 aliphatic carbocycles. The molecule has 4 aromatic rings. The van der Waals surface area contributed by atoms with Gasteiger partial charge in [0.05, 0.1) is 11.8 Å². The van der Waals surface area contributed by atoms with Crippen LogP contribution in [0.15, 0.2) is 45.9 Å². The summed E-state index contributed by atoms with van der Waals surface area (Å²) in [7, 11) is 0. The largest absolute Gasteiger partial charge is 0.469 e. The molecule has 148 valence electrons. The quantitative estimate of drug-likeness (QED) is 0.320. The van der Waals surface area contributed by atoms with Crippen molar-refractivity contribution in [3.63, 3.8) is 0 Å². The maximum atomic E-state index is 5.46. The summed E-state index contributed by atoms with van der Waals surface area (Å²) in [6.45, 7) is 8.77. The monoisotopic (exact) mass is 423 g/mol. The minimum absolute atomic E-state index is 0.614. The number of aromatic nitrogens is 5. The van der Waals surface area contributed by atoms with Crippen molar-refractivity contribution >= 4 is 33.3 Å². The zero-order valence-corrected chi connectivity index (χ0v) is 18.0. The van der Waals surface area contributed by atoms with Gasteiger partial charge in [-0.1, -0.05) is 13.0 Å². The van der Waals surface area contributed by atoms with Crippen molar-refractivity contribution < 1.29 is 4.42 Å². The van der Waals surface area contributed by atoms with E-state index in [9.17, 15) is 0 Å². The van der Waals surface area contributed by atoms with Crippen molar-refractivity contribution in [1.82, 2.24) is 24.7 Å². The Balaban J connectivity index is 1.59. The van der Waals surface area contributed by atoms with Crippen LogP contribution in [0.5, 0.6) is 0 Å². The SMILES string of the molecule is C=CCn1c(Sc2ncnc3sc4c(c23)CCC(C)C4)nnc1-c1ccoc1C. The van der Waals surface area contributed by atoms with Crippen LogP contribution in [0, 0.1) is 12.8 Å². The predicted octanol–water partition coefficient (Wildman–Crippen LogP) is 5.31. The summed E-state index contributed by atoms with van der Waals surface area (Å²) in [4.78, 5) is 11.7. The van der Waals surface area contributed by atoms with E-state index in [1.165, 1.54) is 22.2 Å². The summed E-state index contributed by atoms with van der Waals surface area (Å²) >= 11 is 3.36. The van der Waals surface area contributed by atoms with Crippen LogP contribution in [0.1, 0.15) is 29.5 Å². The number of thiophene rings is 1. The van der Waals surface area contributed by atoms with E-state index in [-0.39, 0.29) is 0 Å². The number of fused-ring (bicyclic) bond motifs is 3. The molecule has 0 spiro atoms. The fraction of sp³-hybridized carbons (Fsp3) is 0.333. The molecule has 1 aliphatic rings. The first-order valence-corrected chi connectivity index (χ1v) is 11.3. The standard InChI is InChI=1S/C21H21N5OS2/c1-4-8-26-18(14-7-9-27-13(14)3)24-25-21(26)29-20-17-15-6-5-12(2)10-16(15)28-19(17)22-11-23-20/h4,7,9,11-12H,1,5-6,8,10H2,2-3H3. The third-order valence-electron chi connectivity index (χ3n) is 5.37. The number of furan rings is 1. The molecule has 1 unspecified atom stereocenters. The van der Waals surface area contributed by atoms with Gasteiger partial charge in [-0.25, -0.2) is 9.97 Å². The average Bonchev–Trinajstić information content (AvgIpc) is 3.39. The molecule has 0 saturated heterocycles. The normalized spacial score (nSPS) is 16.3. The molecule has 29 heavy (non-hydrogen) atoms. The van der Waals surface area contributed by atoms with Crippen molar-refractivity contribution in [2.75, 3.05) is 0 Å². The maximum absolute atomic E-state index is 5.46. The second kappa shape index (κ2) is 7.42. The Morgan fingerprint density at radius 3 is 3.07 bits per heavy atom. The topological polar surface area (TPSA) is 69.6 Å². The predicted molar refractivity (Wildman–Crippen MR) is 115 cm³/mol.